The predicted molar refractivity (Wildman–Crippen MR) is 96.5 cm³/mol. The normalized spacial score (nSPS) is 17.9. The maximum Gasteiger partial charge on any atom is 0.249 e. The summed E-state index contributed by atoms with van der Waals surface area (Å²) >= 11 is 0. The summed E-state index contributed by atoms with van der Waals surface area (Å²) in [6.07, 6.45) is 5.04. The van der Waals surface area contributed by atoms with Crippen LogP contribution in [0.25, 0.3) is 11.0 Å². The Hall–Kier alpha value is -2.96. The van der Waals surface area contributed by atoms with Gasteiger partial charge in [0.2, 0.25) is 5.91 Å². The van der Waals surface area contributed by atoms with E-state index in [0.29, 0.717) is 0 Å². The van der Waals surface area contributed by atoms with Crippen LogP contribution in [0.15, 0.2) is 42.9 Å². The first-order chi connectivity index (χ1) is 12.2. The highest BCUT2D eigenvalue weighted by Gasteiger charge is 2.33. The number of aryl methyl sites for hydroxylation is 1. The molecule has 3 aromatic rings. The van der Waals surface area contributed by atoms with Crippen molar-refractivity contribution in [3.63, 3.8) is 0 Å². The van der Waals surface area contributed by atoms with Crippen LogP contribution in [0.3, 0.4) is 0 Å². The number of para-hydroxylation sites is 1. The average molecular weight is 336 g/mol. The smallest absolute Gasteiger partial charge is 0.249 e. The van der Waals surface area contributed by atoms with Crippen LogP contribution in [-0.2, 0) is 11.8 Å². The molecule has 3 heterocycles. The molecule has 0 saturated carbocycles. The maximum absolute atomic E-state index is 13.1. The molecule has 0 radical (unpaired) electrons. The first-order valence-corrected chi connectivity index (χ1v) is 8.39. The third kappa shape index (κ3) is 2.61. The molecule has 0 bridgehead atoms. The Labute approximate surface area is 145 Å². The van der Waals surface area contributed by atoms with Gasteiger partial charge >= 0.3 is 0 Å². The molecule has 1 aromatic carbocycles. The van der Waals surface area contributed by atoms with Crippen LogP contribution >= 0.6 is 0 Å². The third-order valence-corrected chi connectivity index (χ3v) is 4.79. The highest BCUT2D eigenvalue weighted by Crippen LogP contribution is 2.28. The second-order valence-corrected chi connectivity index (χ2v) is 6.30. The van der Waals surface area contributed by atoms with E-state index in [1.807, 2.05) is 54.2 Å². The minimum absolute atomic E-state index is 0.107. The fraction of sp³-hybridized carbons (Fsp3) is 0.333. The van der Waals surface area contributed by atoms with Gasteiger partial charge in [0.25, 0.3) is 0 Å². The number of amides is 1. The summed E-state index contributed by atoms with van der Waals surface area (Å²) in [6.45, 7) is 0.749. The Kier molecular flexibility index (Phi) is 3.83. The molecule has 1 atom stereocenters. The van der Waals surface area contributed by atoms with Crippen LogP contribution in [0.1, 0.15) is 12.8 Å². The lowest BCUT2D eigenvalue weighted by molar-refractivity contribution is -0.120. The number of hydrogen-bond acceptors (Lipinski definition) is 5. The molecule has 0 N–H and O–H groups in total. The summed E-state index contributed by atoms with van der Waals surface area (Å²) in [5.74, 6) is 0.849. The quantitative estimate of drug-likeness (QED) is 0.732. The van der Waals surface area contributed by atoms with Gasteiger partial charge in [-0.2, -0.15) is 5.10 Å². The molecule has 0 aliphatic carbocycles. The van der Waals surface area contributed by atoms with Crippen LogP contribution in [0.4, 0.5) is 11.5 Å². The van der Waals surface area contributed by atoms with E-state index in [1.165, 1.54) is 6.33 Å². The number of aromatic nitrogens is 4. The summed E-state index contributed by atoms with van der Waals surface area (Å²) in [4.78, 5) is 25.6. The topological polar surface area (TPSA) is 67.2 Å². The van der Waals surface area contributed by atoms with Gasteiger partial charge in [-0.15, -0.1) is 0 Å². The van der Waals surface area contributed by atoms with E-state index in [1.54, 1.807) is 10.9 Å². The Morgan fingerprint density at radius 3 is 2.80 bits per heavy atom. The molecule has 2 aromatic heterocycles. The van der Waals surface area contributed by atoms with E-state index in [2.05, 4.69) is 15.1 Å². The molecule has 1 unspecified atom stereocenters. The minimum Gasteiger partial charge on any atom is -0.347 e. The number of nitrogens with zero attached hydrogens (tertiary/aromatic N) is 6. The number of benzene rings is 1. The number of fused-ring (bicyclic) bond motifs is 1. The van der Waals surface area contributed by atoms with Crippen molar-refractivity contribution in [3.8, 4) is 0 Å². The summed E-state index contributed by atoms with van der Waals surface area (Å²) < 4.78 is 1.72. The molecule has 0 spiro atoms. The number of likely N-dealkylation sites (N-methyl/N-ethyl adjacent to an activating group) is 1. The van der Waals surface area contributed by atoms with Crippen molar-refractivity contribution in [2.45, 2.75) is 18.9 Å². The van der Waals surface area contributed by atoms with E-state index in [-0.39, 0.29) is 11.9 Å². The zero-order valence-electron chi connectivity index (χ0n) is 14.3. The van der Waals surface area contributed by atoms with Crippen LogP contribution < -0.4 is 9.80 Å². The largest absolute Gasteiger partial charge is 0.347 e. The van der Waals surface area contributed by atoms with E-state index >= 15 is 0 Å². The zero-order valence-corrected chi connectivity index (χ0v) is 14.3. The Balaban J connectivity index is 1.67. The first kappa shape index (κ1) is 15.6. The number of carbonyl (C=O) groups excluding carboxylic acids is 1. The molecule has 1 aliphatic rings. The maximum atomic E-state index is 13.1. The third-order valence-electron chi connectivity index (χ3n) is 4.79. The van der Waals surface area contributed by atoms with Gasteiger partial charge in [-0.3, -0.25) is 9.48 Å². The molecule has 1 saturated heterocycles. The highest BCUT2D eigenvalue weighted by atomic mass is 16.2. The Morgan fingerprint density at radius 2 is 2.00 bits per heavy atom. The molecule has 7 heteroatoms. The zero-order chi connectivity index (χ0) is 17.4. The van der Waals surface area contributed by atoms with E-state index < -0.39 is 0 Å². The second kappa shape index (κ2) is 6.16. The summed E-state index contributed by atoms with van der Waals surface area (Å²) in [6, 6.07) is 9.59. The standard InChI is InChI=1S/C18H20N6O/c1-22(16-14-11-21-23(2)17(14)20-12-19-16)15-9-6-10-24(18(15)25)13-7-4-3-5-8-13/h3-5,7-8,11-12,15H,6,9-10H2,1-2H3. The van der Waals surface area contributed by atoms with Crippen LogP contribution in [0.5, 0.6) is 0 Å². The van der Waals surface area contributed by atoms with Crippen molar-refractivity contribution < 1.29 is 4.79 Å². The summed E-state index contributed by atoms with van der Waals surface area (Å²) in [5.41, 5.74) is 1.71. The Bertz CT molecular complexity index is 906. The highest BCUT2D eigenvalue weighted by molar-refractivity contribution is 6.00. The molecule has 4 rings (SSSR count). The molecular formula is C18H20N6O. The van der Waals surface area contributed by atoms with E-state index in [0.717, 1.165) is 41.9 Å². The van der Waals surface area contributed by atoms with Crippen molar-refractivity contribution in [1.82, 2.24) is 19.7 Å². The molecule has 1 fully saturated rings. The average Bonchev–Trinajstić information content (AvgIpc) is 3.03. The lowest BCUT2D eigenvalue weighted by Gasteiger charge is -2.37. The van der Waals surface area contributed by atoms with Crippen LogP contribution in [0.2, 0.25) is 0 Å². The summed E-state index contributed by atoms with van der Waals surface area (Å²) in [5, 5.41) is 5.12. The van der Waals surface area contributed by atoms with Gasteiger partial charge in [-0.25, -0.2) is 9.97 Å². The molecule has 7 nitrogen and oxygen atoms in total. The van der Waals surface area contributed by atoms with E-state index in [4.69, 9.17) is 0 Å². The van der Waals surface area contributed by atoms with Gasteiger partial charge in [0.15, 0.2) is 5.65 Å². The van der Waals surface area contributed by atoms with Gasteiger partial charge < -0.3 is 9.80 Å². The number of piperidine rings is 1. The van der Waals surface area contributed by atoms with Gasteiger partial charge in [0.05, 0.1) is 11.6 Å². The second-order valence-electron chi connectivity index (χ2n) is 6.30. The fourth-order valence-electron chi connectivity index (χ4n) is 3.46. The van der Waals surface area contributed by atoms with Crippen molar-refractivity contribution in [2.24, 2.45) is 7.05 Å². The summed E-state index contributed by atoms with van der Waals surface area (Å²) in [7, 11) is 3.77. The van der Waals surface area contributed by atoms with Gasteiger partial charge in [0, 0.05) is 26.3 Å². The molecular weight excluding hydrogens is 316 g/mol. The molecule has 1 amide bonds. The predicted octanol–water partition coefficient (Wildman–Crippen LogP) is 2.00. The number of rotatable bonds is 3. The van der Waals surface area contributed by atoms with Gasteiger partial charge in [-0.05, 0) is 25.0 Å². The molecule has 25 heavy (non-hydrogen) atoms. The number of carbonyl (C=O) groups is 1. The monoisotopic (exact) mass is 336 g/mol. The van der Waals surface area contributed by atoms with Crippen molar-refractivity contribution in [2.75, 3.05) is 23.4 Å². The van der Waals surface area contributed by atoms with Crippen molar-refractivity contribution in [3.05, 3.63) is 42.9 Å². The lowest BCUT2D eigenvalue weighted by Crippen LogP contribution is -2.51. The number of hydrogen-bond donors (Lipinski definition) is 0. The lowest BCUT2D eigenvalue weighted by atomic mass is 10.0. The van der Waals surface area contributed by atoms with Gasteiger partial charge in [0.1, 0.15) is 18.2 Å². The van der Waals surface area contributed by atoms with Crippen LogP contribution in [-0.4, -0.2) is 45.3 Å². The van der Waals surface area contributed by atoms with E-state index in [9.17, 15) is 4.79 Å². The minimum atomic E-state index is -0.243. The molecule has 128 valence electrons. The van der Waals surface area contributed by atoms with Crippen molar-refractivity contribution >= 4 is 28.4 Å². The molecule has 1 aliphatic heterocycles. The SMILES string of the molecule is CN(c1ncnc2c1cnn2C)C1CCCN(c2ccccc2)C1=O. The first-order valence-electron chi connectivity index (χ1n) is 8.39. The number of anilines is 2. The Morgan fingerprint density at radius 1 is 1.20 bits per heavy atom. The van der Waals surface area contributed by atoms with Crippen molar-refractivity contribution in [1.29, 1.82) is 0 Å². The van der Waals surface area contributed by atoms with Crippen LogP contribution in [0, 0.1) is 0 Å². The fourth-order valence-corrected chi connectivity index (χ4v) is 3.46. The van der Waals surface area contributed by atoms with Gasteiger partial charge in [-0.1, -0.05) is 18.2 Å².